The molecular weight excluding hydrogens is 345 g/mol. The van der Waals surface area contributed by atoms with Gasteiger partial charge in [-0.05, 0) is 36.1 Å². The highest BCUT2D eigenvalue weighted by atomic mass is 19.1. The molecule has 142 valence electrons. The average Bonchev–Trinajstić information content (AvgIpc) is 2.69. The van der Waals surface area contributed by atoms with Crippen molar-refractivity contribution in [2.75, 3.05) is 16.3 Å². The van der Waals surface area contributed by atoms with Gasteiger partial charge in [0, 0.05) is 6.54 Å². The van der Waals surface area contributed by atoms with Crippen molar-refractivity contribution in [3.8, 4) is 0 Å². The summed E-state index contributed by atoms with van der Waals surface area (Å²) in [5, 5.41) is 0. The second-order valence-corrected chi connectivity index (χ2v) is 7.89. The maximum absolute atomic E-state index is 14.5. The number of nitrogens with zero attached hydrogens (tertiary/aromatic N) is 2. The van der Waals surface area contributed by atoms with Crippen molar-refractivity contribution in [3.63, 3.8) is 0 Å². The highest BCUT2D eigenvalue weighted by Crippen LogP contribution is 2.39. The van der Waals surface area contributed by atoms with E-state index < -0.39 is 23.7 Å². The molecule has 0 saturated carbocycles. The second-order valence-electron chi connectivity index (χ2n) is 7.89. The molecule has 6 heteroatoms. The average molecular weight is 369 g/mol. The van der Waals surface area contributed by atoms with Crippen LogP contribution >= 0.6 is 0 Å². The third kappa shape index (κ3) is 3.71. The molecule has 0 aliphatic carbocycles. The minimum absolute atomic E-state index is 0.000851. The zero-order valence-electron chi connectivity index (χ0n) is 15.8. The Kier molecular flexibility index (Phi) is 5.02. The summed E-state index contributed by atoms with van der Waals surface area (Å²) in [4.78, 5) is 28.7. The van der Waals surface area contributed by atoms with Gasteiger partial charge in [0.15, 0.2) is 6.04 Å². The number of benzene rings is 2. The van der Waals surface area contributed by atoms with Gasteiger partial charge in [0.1, 0.15) is 5.82 Å². The fourth-order valence-electron chi connectivity index (χ4n) is 3.09. The predicted octanol–water partition coefficient (Wildman–Crippen LogP) is 3.60. The quantitative estimate of drug-likeness (QED) is 0.841. The van der Waals surface area contributed by atoms with E-state index >= 15 is 0 Å². The molecule has 1 unspecified atom stereocenters. The smallest absolute Gasteiger partial charge is 0.258 e. The number of fused-ring (bicyclic) bond motifs is 1. The Morgan fingerprint density at radius 1 is 0.926 bits per heavy atom. The molecule has 1 heterocycles. The number of halogens is 1. The van der Waals surface area contributed by atoms with Gasteiger partial charge in [0.2, 0.25) is 0 Å². The second kappa shape index (κ2) is 7.12. The number of hydrogen-bond acceptors (Lipinski definition) is 3. The van der Waals surface area contributed by atoms with E-state index in [1.165, 1.54) is 17.0 Å². The Morgan fingerprint density at radius 3 is 2.07 bits per heavy atom. The van der Waals surface area contributed by atoms with E-state index in [2.05, 4.69) is 20.8 Å². The summed E-state index contributed by atoms with van der Waals surface area (Å²) in [7, 11) is 0. The molecule has 2 N–H and O–H groups in total. The molecule has 27 heavy (non-hydrogen) atoms. The van der Waals surface area contributed by atoms with Crippen molar-refractivity contribution < 1.29 is 14.0 Å². The molecule has 1 aliphatic heterocycles. The standard InChI is InChI=1S/C21H24FN3O2/c1-21(2,3)12-13-24-16-10-6-7-11-17(16)25(20(27)18(23)19(24)26)15-9-5-4-8-14(15)22/h4-11,18H,12-13,23H2,1-3H3. The van der Waals surface area contributed by atoms with Gasteiger partial charge < -0.3 is 10.6 Å². The number of rotatable bonds is 3. The number of hydrogen-bond donors (Lipinski definition) is 1. The number of amides is 2. The third-order valence-electron chi connectivity index (χ3n) is 4.61. The molecule has 0 radical (unpaired) electrons. The Bertz CT molecular complexity index is 876. The van der Waals surface area contributed by atoms with Gasteiger partial charge >= 0.3 is 0 Å². The molecule has 0 saturated heterocycles. The van der Waals surface area contributed by atoms with Crippen LogP contribution in [0.3, 0.4) is 0 Å². The first-order chi connectivity index (χ1) is 12.7. The minimum Gasteiger partial charge on any atom is -0.312 e. The van der Waals surface area contributed by atoms with Crippen molar-refractivity contribution in [3.05, 3.63) is 54.3 Å². The van der Waals surface area contributed by atoms with E-state index in [1.807, 2.05) is 0 Å². The SMILES string of the molecule is CC(C)(C)CCN1C(=O)C(N)C(=O)N(c2ccccc2F)c2ccccc21. The van der Waals surface area contributed by atoms with Gasteiger partial charge in [-0.2, -0.15) is 0 Å². The molecule has 3 rings (SSSR count). The lowest BCUT2D eigenvalue weighted by atomic mass is 9.92. The van der Waals surface area contributed by atoms with Crippen LogP contribution in [0.25, 0.3) is 0 Å². The van der Waals surface area contributed by atoms with E-state index in [-0.39, 0.29) is 11.1 Å². The van der Waals surface area contributed by atoms with E-state index in [9.17, 15) is 14.0 Å². The number of carbonyl (C=O) groups excluding carboxylic acids is 2. The van der Waals surface area contributed by atoms with Gasteiger partial charge in [-0.15, -0.1) is 0 Å². The highest BCUT2D eigenvalue weighted by molar-refractivity contribution is 6.22. The van der Waals surface area contributed by atoms with Gasteiger partial charge in [0.25, 0.3) is 11.8 Å². The van der Waals surface area contributed by atoms with Crippen LogP contribution in [0.4, 0.5) is 21.5 Å². The van der Waals surface area contributed by atoms with Crippen LogP contribution in [0.2, 0.25) is 0 Å². The Morgan fingerprint density at radius 2 is 1.48 bits per heavy atom. The molecule has 1 atom stereocenters. The molecule has 5 nitrogen and oxygen atoms in total. The monoisotopic (exact) mass is 369 g/mol. The van der Waals surface area contributed by atoms with Crippen LogP contribution in [0.1, 0.15) is 27.2 Å². The molecule has 2 aromatic rings. The zero-order valence-corrected chi connectivity index (χ0v) is 15.8. The Balaban J connectivity index is 2.15. The summed E-state index contributed by atoms with van der Waals surface area (Å²) in [6, 6.07) is 11.6. The van der Waals surface area contributed by atoms with Crippen molar-refractivity contribution in [2.45, 2.75) is 33.2 Å². The zero-order chi connectivity index (χ0) is 19.8. The fraction of sp³-hybridized carbons (Fsp3) is 0.333. The molecular formula is C21H24FN3O2. The Hall–Kier alpha value is -2.73. The summed E-state index contributed by atoms with van der Waals surface area (Å²) >= 11 is 0. The summed E-state index contributed by atoms with van der Waals surface area (Å²) in [6.07, 6.45) is 0.730. The molecule has 0 bridgehead atoms. The normalized spacial score (nSPS) is 17.7. The van der Waals surface area contributed by atoms with Crippen LogP contribution in [-0.2, 0) is 9.59 Å². The van der Waals surface area contributed by atoms with Crippen molar-refractivity contribution in [2.24, 2.45) is 11.1 Å². The first-order valence-corrected chi connectivity index (χ1v) is 8.95. The number of anilines is 3. The maximum Gasteiger partial charge on any atom is 0.258 e. The number of para-hydroxylation sites is 3. The van der Waals surface area contributed by atoms with Crippen LogP contribution in [-0.4, -0.2) is 24.4 Å². The maximum atomic E-state index is 14.5. The summed E-state index contributed by atoms with van der Waals surface area (Å²) in [6.45, 7) is 6.67. The van der Waals surface area contributed by atoms with Crippen LogP contribution in [0.5, 0.6) is 0 Å². The van der Waals surface area contributed by atoms with E-state index in [0.29, 0.717) is 17.9 Å². The molecule has 2 amide bonds. The highest BCUT2D eigenvalue weighted by Gasteiger charge is 2.39. The Labute approximate surface area is 158 Å². The summed E-state index contributed by atoms with van der Waals surface area (Å²) in [5.74, 6) is -1.67. The predicted molar refractivity (Wildman–Crippen MR) is 104 cm³/mol. The molecule has 0 aromatic heterocycles. The lowest BCUT2D eigenvalue weighted by molar-refractivity contribution is -0.127. The molecule has 1 aliphatic rings. The van der Waals surface area contributed by atoms with Crippen molar-refractivity contribution >= 4 is 28.9 Å². The lowest BCUT2D eigenvalue weighted by Gasteiger charge is -2.28. The topological polar surface area (TPSA) is 66.6 Å². The molecule has 0 fully saturated rings. The van der Waals surface area contributed by atoms with Crippen LogP contribution in [0.15, 0.2) is 48.5 Å². The lowest BCUT2D eigenvalue weighted by Crippen LogP contribution is -2.50. The van der Waals surface area contributed by atoms with Crippen molar-refractivity contribution in [1.29, 1.82) is 0 Å². The number of carbonyl (C=O) groups is 2. The van der Waals surface area contributed by atoms with Crippen molar-refractivity contribution in [1.82, 2.24) is 0 Å². The molecule has 0 spiro atoms. The first-order valence-electron chi connectivity index (χ1n) is 8.95. The minimum atomic E-state index is -1.39. The van der Waals surface area contributed by atoms with E-state index in [0.717, 1.165) is 6.42 Å². The van der Waals surface area contributed by atoms with Gasteiger partial charge in [-0.1, -0.05) is 45.0 Å². The summed E-state index contributed by atoms with van der Waals surface area (Å²) < 4.78 is 14.5. The third-order valence-corrected chi connectivity index (χ3v) is 4.61. The van der Waals surface area contributed by atoms with Gasteiger partial charge in [0.05, 0.1) is 17.1 Å². The van der Waals surface area contributed by atoms with Crippen LogP contribution < -0.4 is 15.5 Å². The first kappa shape index (κ1) is 19.0. The fourth-order valence-corrected chi connectivity index (χ4v) is 3.09. The largest absolute Gasteiger partial charge is 0.312 e. The number of nitrogens with two attached hydrogens (primary N) is 1. The van der Waals surface area contributed by atoms with E-state index in [4.69, 9.17) is 5.73 Å². The van der Waals surface area contributed by atoms with Crippen LogP contribution in [0, 0.1) is 11.2 Å². The molecule has 2 aromatic carbocycles. The van der Waals surface area contributed by atoms with E-state index in [1.54, 1.807) is 41.3 Å². The summed E-state index contributed by atoms with van der Waals surface area (Å²) in [5.41, 5.74) is 7.08. The van der Waals surface area contributed by atoms with Gasteiger partial charge in [-0.25, -0.2) is 4.39 Å². The van der Waals surface area contributed by atoms with Gasteiger partial charge in [-0.3, -0.25) is 14.5 Å².